The number of aliphatic carboxylic acids is 1. The monoisotopic (exact) mass is 175 g/mol. The van der Waals surface area contributed by atoms with Crippen LogP contribution in [-0.2, 0) is 9.59 Å². The van der Waals surface area contributed by atoms with Gasteiger partial charge in [0.25, 0.3) is 0 Å². The number of carbonyl (C=O) groups excluding carboxylic acids is 1. The molecule has 0 saturated heterocycles. The number of hydrogen-bond acceptors (Lipinski definition) is 4. The minimum Gasteiger partial charge on any atom is -0.479 e. The van der Waals surface area contributed by atoms with Crippen molar-refractivity contribution in [3.8, 4) is 0 Å². The minimum absolute atomic E-state index is 0.342. The van der Waals surface area contributed by atoms with Crippen molar-refractivity contribution in [2.45, 2.75) is 12.6 Å². The Morgan fingerprint density at radius 2 is 2.33 bits per heavy atom. The molecular formula is C6H13N3O3. The summed E-state index contributed by atoms with van der Waals surface area (Å²) in [5, 5.41) is 13.2. The molecular weight excluding hydrogens is 162 g/mol. The summed E-state index contributed by atoms with van der Waals surface area (Å²) in [6.07, 6.45) is -0.00695. The Morgan fingerprint density at radius 1 is 1.67 bits per heavy atom. The number of hydrogen-bond donors (Lipinski definition) is 4. The van der Waals surface area contributed by atoms with Crippen molar-refractivity contribution in [2.24, 2.45) is 5.73 Å². The summed E-state index contributed by atoms with van der Waals surface area (Å²) in [6.45, 7) is 0.953. The molecule has 6 heteroatoms. The topological polar surface area (TPSA) is 104 Å². The highest BCUT2D eigenvalue weighted by atomic mass is 16.4. The molecule has 1 atom stereocenters. The quantitative estimate of drug-likeness (QED) is 0.205. The van der Waals surface area contributed by atoms with Crippen LogP contribution in [0.3, 0.4) is 0 Å². The van der Waals surface area contributed by atoms with Crippen LogP contribution in [0.5, 0.6) is 0 Å². The molecule has 0 aromatic heterocycles. The second kappa shape index (κ2) is 6.56. The summed E-state index contributed by atoms with van der Waals surface area (Å²) in [5.74, 6) is -1.11. The number of carboxylic acid groups (broad SMARTS) is 1. The molecule has 0 aliphatic carbocycles. The highest BCUT2D eigenvalue weighted by Crippen LogP contribution is 1.78. The van der Waals surface area contributed by atoms with Gasteiger partial charge in [0.05, 0.1) is 0 Å². The molecule has 6 nitrogen and oxygen atoms in total. The SMILES string of the molecule is NCCCNC(NC=O)C(=O)O. The van der Waals surface area contributed by atoms with E-state index in [2.05, 4.69) is 10.6 Å². The van der Waals surface area contributed by atoms with Gasteiger partial charge in [0.15, 0.2) is 6.17 Å². The Kier molecular flexibility index (Phi) is 5.94. The normalized spacial score (nSPS) is 12.1. The molecule has 0 aliphatic rings. The zero-order valence-electron chi connectivity index (χ0n) is 6.62. The second-order valence-electron chi connectivity index (χ2n) is 2.15. The summed E-state index contributed by atoms with van der Waals surface area (Å²) in [7, 11) is 0. The molecule has 0 aromatic rings. The van der Waals surface area contributed by atoms with Gasteiger partial charge in [-0.3, -0.25) is 10.1 Å². The Morgan fingerprint density at radius 3 is 2.75 bits per heavy atom. The highest BCUT2D eigenvalue weighted by molar-refractivity contribution is 5.75. The lowest BCUT2D eigenvalue weighted by atomic mass is 10.4. The van der Waals surface area contributed by atoms with Gasteiger partial charge < -0.3 is 16.2 Å². The number of nitrogens with two attached hydrogens (primary N) is 1. The van der Waals surface area contributed by atoms with Crippen LogP contribution in [-0.4, -0.2) is 36.7 Å². The van der Waals surface area contributed by atoms with E-state index in [1.54, 1.807) is 0 Å². The van der Waals surface area contributed by atoms with E-state index in [1.165, 1.54) is 0 Å². The summed E-state index contributed by atoms with van der Waals surface area (Å²) in [4.78, 5) is 20.3. The summed E-state index contributed by atoms with van der Waals surface area (Å²) in [5.41, 5.74) is 5.19. The molecule has 0 saturated carbocycles. The Hall–Kier alpha value is -1.14. The van der Waals surface area contributed by atoms with Gasteiger partial charge in [-0.25, -0.2) is 4.79 Å². The van der Waals surface area contributed by atoms with Crippen LogP contribution in [0, 0.1) is 0 Å². The predicted octanol–water partition coefficient (Wildman–Crippen LogP) is -1.92. The first-order valence-electron chi connectivity index (χ1n) is 3.58. The lowest BCUT2D eigenvalue weighted by Gasteiger charge is -2.11. The van der Waals surface area contributed by atoms with E-state index in [4.69, 9.17) is 10.8 Å². The minimum atomic E-state index is -1.11. The van der Waals surface area contributed by atoms with E-state index in [9.17, 15) is 9.59 Å². The molecule has 0 radical (unpaired) electrons. The number of carboxylic acids is 1. The van der Waals surface area contributed by atoms with Crippen molar-refractivity contribution in [3.63, 3.8) is 0 Å². The van der Waals surface area contributed by atoms with E-state index in [0.717, 1.165) is 0 Å². The summed E-state index contributed by atoms with van der Waals surface area (Å²) < 4.78 is 0. The van der Waals surface area contributed by atoms with Crippen molar-refractivity contribution in [1.29, 1.82) is 0 Å². The lowest BCUT2D eigenvalue weighted by Crippen LogP contribution is -2.48. The van der Waals surface area contributed by atoms with E-state index in [0.29, 0.717) is 25.9 Å². The molecule has 70 valence electrons. The molecule has 5 N–H and O–H groups in total. The third kappa shape index (κ3) is 4.64. The number of carbonyl (C=O) groups is 2. The molecule has 0 aliphatic heterocycles. The van der Waals surface area contributed by atoms with E-state index in [-0.39, 0.29) is 0 Å². The molecule has 12 heavy (non-hydrogen) atoms. The standard InChI is InChI=1S/C6H13N3O3/c7-2-1-3-8-5(6(11)12)9-4-10/h4-5,8H,1-3,7H2,(H,9,10)(H,11,12). The molecule has 1 unspecified atom stereocenters. The fourth-order valence-electron chi connectivity index (χ4n) is 0.634. The number of amides is 1. The van der Waals surface area contributed by atoms with Gasteiger partial charge >= 0.3 is 5.97 Å². The van der Waals surface area contributed by atoms with Gasteiger partial charge in [0.1, 0.15) is 0 Å². The van der Waals surface area contributed by atoms with E-state index < -0.39 is 12.1 Å². The molecule has 0 spiro atoms. The van der Waals surface area contributed by atoms with E-state index >= 15 is 0 Å². The predicted molar refractivity (Wildman–Crippen MR) is 42.3 cm³/mol. The zero-order valence-corrected chi connectivity index (χ0v) is 6.62. The van der Waals surface area contributed by atoms with Crippen molar-refractivity contribution >= 4 is 12.4 Å². The summed E-state index contributed by atoms with van der Waals surface area (Å²) >= 11 is 0. The fraction of sp³-hybridized carbons (Fsp3) is 0.667. The van der Waals surface area contributed by atoms with Gasteiger partial charge in [-0.05, 0) is 19.5 Å². The van der Waals surface area contributed by atoms with Crippen molar-refractivity contribution < 1.29 is 14.7 Å². The average Bonchev–Trinajstić information content (AvgIpc) is 2.03. The van der Waals surface area contributed by atoms with Crippen LogP contribution in [0.15, 0.2) is 0 Å². The smallest absolute Gasteiger partial charge is 0.341 e. The molecule has 0 rings (SSSR count). The third-order valence-corrected chi connectivity index (χ3v) is 1.21. The van der Waals surface area contributed by atoms with Crippen LogP contribution in [0.1, 0.15) is 6.42 Å². The highest BCUT2D eigenvalue weighted by Gasteiger charge is 2.13. The maximum Gasteiger partial charge on any atom is 0.341 e. The van der Waals surface area contributed by atoms with Crippen LogP contribution >= 0.6 is 0 Å². The molecule has 0 fully saturated rings. The van der Waals surface area contributed by atoms with Gasteiger partial charge in [0, 0.05) is 0 Å². The van der Waals surface area contributed by atoms with Gasteiger partial charge in [0.2, 0.25) is 6.41 Å². The van der Waals surface area contributed by atoms with Crippen LogP contribution in [0.4, 0.5) is 0 Å². The zero-order chi connectivity index (χ0) is 9.40. The van der Waals surface area contributed by atoms with Crippen LogP contribution in [0.2, 0.25) is 0 Å². The van der Waals surface area contributed by atoms with Crippen LogP contribution in [0.25, 0.3) is 0 Å². The second-order valence-corrected chi connectivity index (χ2v) is 2.15. The van der Waals surface area contributed by atoms with Gasteiger partial charge in [-0.2, -0.15) is 0 Å². The first-order chi connectivity index (χ1) is 5.72. The Balaban J connectivity index is 3.63. The van der Waals surface area contributed by atoms with Gasteiger partial charge in [-0.15, -0.1) is 0 Å². The van der Waals surface area contributed by atoms with Crippen molar-refractivity contribution in [2.75, 3.05) is 13.1 Å². The number of rotatable bonds is 7. The molecule has 0 aromatic carbocycles. The maximum absolute atomic E-state index is 10.4. The number of nitrogens with one attached hydrogen (secondary N) is 2. The van der Waals surface area contributed by atoms with E-state index in [1.807, 2.05) is 0 Å². The third-order valence-electron chi connectivity index (χ3n) is 1.21. The van der Waals surface area contributed by atoms with Crippen LogP contribution < -0.4 is 16.4 Å². The van der Waals surface area contributed by atoms with Gasteiger partial charge in [-0.1, -0.05) is 0 Å². The lowest BCUT2D eigenvalue weighted by molar-refractivity contribution is -0.141. The molecule has 0 bridgehead atoms. The average molecular weight is 175 g/mol. The first kappa shape index (κ1) is 10.9. The maximum atomic E-state index is 10.4. The molecule has 1 amide bonds. The summed E-state index contributed by atoms with van der Waals surface area (Å²) in [6, 6.07) is 0. The van der Waals surface area contributed by atoms with Crippen molar-refractivity contribution in [3.05, 3.63) is 0 Å². The Labute approximate surface area is 70.1 Å². The largest absolute Gasteiger partial charge is 0.479 e. The Bertz CT molecular complexity index is 151. The fourth-order valence-corrected chi connectivity index (χ4v) is 0.634. The molecule has 0 heterocycles. The first-order valence-corrected chi connectivity index (χ1v) is 3.58. The van der Waals surface area contributed by atoms with Crippen molar-refractivity contribution in [1.82, 2.24) is 10.6 Å².